The van der Waals surface area contributed by atoms with Gasteiger partial charge in [-0.1, -0.05) is 19.1 Å². The summed E-state index contributed by atoms with van der Waals surface area (Å²) in [5, 5.41) is 4.14. The van der Waals surface area contributed by atoms with Gasteiger partial charge in [0.15, 0.2) is 0 Å². The van der Waals surface area contributed by atoms with E-state index in [0.29, 0.717) is 12.2 Å². The summed E-state index contributed by atoms with van der Waals surface area (Å²) in [6, 6.07) is 11.4. The van der Waals surface area contributed by atoms with Crippen LogP contribution in [0.3, 0.4) is 0 Å². The SMILES string of the molecule is C[C@@H]1CC(=O)NN=C1c1ccc(N=Cc2ccco2)cc1. The van der Waals surface area contributed by atoms with E-state index in [0.717, 1.165) is 17.0 Å². The Morgan fingerprint density at radius 3 is 2.81 bits per heavy atom. The van der Waals surface area contributed by atoms with Crippen molar-refractivity contribution in [3.05, 3.63) is 54.0 Å². The molecule has 1 N–H and O–H groups in total. The minimum Gasteiger partial charge on any atom is -0.463 e. The Hall–Kier alpha value is -2.69. The molecule has 5 nitrogen and oxygen atoms in total. The van der Waals surface area contributed by atoms with Crippen LogP contribution in [0, 0.1) is 5.92 Å². The van der Waals surface area contributed by atoms with E-state index in [-0.39, 0.29) is 11.8 Å². The Balaban J connectivity index is 1.77. The third-order valence-corrected chi connectivity index (χ3v) is 3.31. The van der Waals surface area contributed by atoms with Crippen LogP contribution in [0.2, 0.25) is 0 Å². The molecular weight excluding hydrogens is 266 g/mol. The van der Waals surface area contributed by atoms with Gasteiger partial charge in [-0.3, -0.25) is 9.79 Å². The molecule has 2 heterocycles. The highest BCUT2D eigenvalue weighted by Crippen LogP contribution is 2.19. The smallest absolute Gasteiger partial charge is 0.240 e. The normalized spacial score (nSPS) is 18.6. The highest BCUT2D eigenvalue weighted by atomic mass is 16.3. The minimum atomic E-state index is -0.0362. The van der Waals surface area contributed by atoms with Crippen molar-refractivity contribution in [3.63, 3.8) is 0 Å². The first-order valence-electron chi connectivity index (χ1n) is 6.77. The number of amides is 1. The maximum absolute atomic E-state index is 11.3. The first-order valence-corrected chi connectivity index (χ1v) is 6.77. The van der Waals surface area contributed by atoms with Gasteiger partial charge in [0, 0.05) is 12.3 Å². The number of carbonyl (C=O) groups is 1. The maximum atomic E-state index is 11.3. The number of hydrogen-bond acceptors (Lipinski definition) is 4. The molecule has 1 aromatic carbocycles. The van der Waals surface area contributed by atoms with Crippen LogP contribution >= 0.6 is 0 Å². The maximum Gasteiger partial charge on any atom is 0.240 e. The zero-order valence-electron chi connectivity index (χ0n) is 11.6. The topological polar surface area (TPSA) is 67.0 Å². The van der Waals surface area contributed by atoms with E-state index < -0.39 is 0 Å². The molecule has 0 spiro atoms. The molecule has 0 fully saturated rings. The second kappa shape index (κ2) is 5.75. The molecule has 1 atom stereocenters. The lowest BCUT2D eigenvalue weighted by Gasteiger charge is -2.19. The van der Waals surface area contributed by atoms with Crippen molar-refractivity contribution < 1.29 is 9.21 Å². The van der Waals surface area contributed by atoms with Crippen LogP contribution in [0.1, 0.15) is 24.7 Å². The number of carbonyl (C=O) groups excluding carboxylic acids is 1. The quantitative estimate of drug-likeness (QED) is 0.879. The molecule has 1 amide bonds. The van der Waals surface area contributed by atoms with E-state index in [9.17, 15) is 4.79 Å². The molecule has 3 rings (SSSR count). The Morgan fingerprint density at radius 2 is 2.14 bits per heavy atom. The number of nitrogens with zero attached hydrogens (tertiary/aromatic N) is 2. The molecule has 0 saturated heterocycles. The standard InChI is InChI=1S/C16H15N3O2/c1-11-9-15(20)18-19-16(11)12-4-6-13(7-5-12)17-10-14-3-2-8-21-14/h2-8,10-11H,9H2,1H3,(H,18,20)/t11-/m1/s1. The minimum absolute atomic E-state index is 0.0362. The van der Waals surface area contributed by atoms with Crippen molar-refractivity contribution in [2.45, 2.75) is 13.3 Å². The van der Waals surface area contributed by atoms with Crippen LogP contribution in [0.5, 0.6) is 0 Å². The molecule has 1 aliphatic rings. The highest BCUT2D eigenvalue weighted by Gasteiger charge is 2.21. The molecule has 0 bridgehead atoms. The molecular formula is C16H15N3O2. The largest absolute Gasteiger partial charge is 0.463 e. The number of hydrogen-bond donors (Lipinski definition) is 1. The average Bonchev–Trinajstić information content (AvgIpc) is 2.99. The zero-order valence-corrected chi connectivity index (χ0v) is 11.6. The molecule has 1 aromatic heterocycles. The Kier molecular flexibility index (Phi) is 3.64. The molecule has 0 aliphatic carbocycles. The molecule has 21 heavy (non-hydrogen) atoms. The molecule has 0 unspecified atom stereocenters. The second-order valence-electron chi connectivity index (χ2n) is 4.96. The molecule has 2 aromatic rings. The van der Waals surface area contributed by atoms with Gasteiger partial charge in [-0.25, -0.2) is 5.43 Å². The van der Waals surface area contributed by atoms with E-state index in [1.807, 2.05) is 43.3 Å². The van der Waals surface area contributed by atoms with Gasteiger partial charge in [-0.05, 0) is 29.8 Å². The zero-order chi connectivity index (χ0) is 14.7. The van der Waals surface area contributed by atoms with Crippen molar-refractivity contribution in [1.82, 2.24) is 5.43 Å². The van der Waals surface area contributed by atoms with E-state index in [1.165, 1.54) is 0 Å². The van der Waals surface area contributed by atoms with E-state index >= 15 is 0 Å². The van der Waals surface area contributed by atoms with Crippen LogP contribution in [-0.4, -0.2) is 17.8 Å². The predicted octanol–water partition coefficient (Wildman–Crippen LogP) is 2.89. The fourth-order valence-electron chi connectivity index (χ4n) is 2.22. The van der Waals surface area contributed by atoms with Crippen LogP contribution in [0.15, 0.2) is 57.2 Å². The summed E-state index contributed by atoms with van der Waals surface area (Å²) in [7, 11) is 0. The molecule has 106 valence electrons. The number of furan rings is 1. The summed E-state index contributed by atoms with van der Waals surface area (Å²) in [5.41, 5.74) is 5.26. The Bertz CT molecular complexity index is 685. The molecule has 0 radical (unpaired) electrons. The average molecular weight is 281 g/mol. The lowest BCUT2D eigenvalue weighted by molar-refractivity contribution is -0.121. The molecule has 5 heteroatoms. The monoisotopic (exact) mass is 281 g/mol. The fraction of sp³-hybridized carbons (Fsp3) is 0.188. The summed E-state index contributed by atoms with van der Waals surface area (Å²) in [6.45, 7) is 2.00. The predicted molar refractivity (Wildman–Crippen MR) is 80.9 cm³/mol. The summed E-state index contributed by atoms with van der Waals surface area (Å²) in [5.74, 6) is 0.800. The third kappa shape index (κ3) is 3.08. The number of benzene rings is 1. The van der Waals surface area contributed by atoms with Gasteiger partial charge < -0.3 is 4.42 Å². The number of aliphatic imine (C=N–C) groups is 1. The third-order valence-electron chi connectivity index (χ3n) is 3.31. The number of nitrogens with one attached hydrogen (secondary N) is 1. The summed E-state index contributed by atoms with van der Waals surface area (Å²) in [4.78, 5) is 15.6. The van der Waals surface area contributed by atoms with Crippen molar-refractivity contribution in [1.29, 1.82) is 0 Å². The lowest BCUT2D eigenvalue weighted by Crippen LogP contribution is -2.31. The van der Waals surface area contributed by atoms with Crippen molar-refractivity contribution in [2.24, 2.45) is 16.0 Å². The fourth-order valence-corrected chi connectivity index (χ4v) is 2.22. The van der Waals surface area contributed by atoms with Gasteiger partial charge in [0.2, 0.25) is 5.91 Å². The first-order chi connectivity index (χ1) is 10.2. The summed E-state index contributed by atoms with van der Waals surface area (Å²) in [6.07, 6.45) is 3.76. The van der Waals surface area contributed by atoms with Crippen molar-refractivity contribution in [3.8, 4) is 0 Å². The first kappa shape index (κ1) is 13.3. The highest BCUT2D eigenvalue weighted by molar-refractivity contribution is 6.05. The van der Waals surface area contributed by atoms with Crippen molar-refractivity contribution in [2.75, 3.05) is 0 Å². The van der Waals surface area contributed by atoms with Crippen molar-refractivity contribution >= 4 is 23.5 Å². The molecule has 0 saturated carbocycles. The van der Waals surface area contributed by atoms with Crippen LogP contribution < -0.4 is 5.43 Å². The van der Waals surface area contributed by atoms with E-state index in [1.54, 1.807) is 12.5 Å². The van der Waals surface area contributed by atoms with Gasteiger partial charge in [0.25, 0.3) is 0 Å². The van der Waals surface area contributed by atoms with Gasteiger partial charge in [-0.2, -0.15) is 5.10 Å². The van der Waals surface area contributed by atoms with Gasteiger partial charge in [0.05, 0.1) is 23.9 Å². The Morgan fingerprint density at radius 1 is 1.33 bits per heavy atom. The lowest BCUT2D eigenvalue weighted by atomic mass is 9.94. The molecule has 1 aliphatic heterocycles. The number of rotatable bonds is 3. The summed E-state index contributed by atoms with van der Waals surface area (Å²) >= 11 is 0. The van der Waals surface area contributed by atoms with Crippen LogP contribution in [-0.2, 0) is 4.79 Å². The van der Waals surface area contributed by atoms with E-state index in [4.69, 9.17) is 4.42 Å². The van der Waals surface area contributed by atoms with Gasteiger partial charge in [-0.15, -0.1) is 0 Å². The second-order valence-corrected chi connectivity index (χ2v) is 4.96. The van der Waals surface area contributed by atoms with Crippen LogP contribution in [0.25, 0.3) is 0 Å². The number of hydrazone groups is 1. The van der Waals surface area contributed by atoms with Crippen LogP contribution in [0.4, 0.5) is 5.69 Å². The van der Waals surface area contributed by atoms with Gasteiger partial charge >= 0.3 is 0 Å². The van der Waals surface area contributed by atoms with E-state index in [2.05, 4.69) is 15.5 Å². The summed E-state index contributed by atoms with van der Waals surface area (Å²) < 4.78 is 5.19. The Labute approximate surface area is 122 Å². The van der Waals surface area contributed by atoms with Gasteiger partial charge in [0.1, 0.15) is 5.76 Å².